The van der Waals surface area contributed by atoms with Crippen molar-refractivity contribution in [3.63, 3.8) is 0 Å². The van der Waals surface area contributed by atoms with Gasteiger partial charge >= 0.3 is 6.09 Å². The van der Waals surface area contributed by atoms with Gasteiger partial charge in [0.05, 0.1) is 28.4 Å². The fraction of sp³-hybridized carbons (Fsp3) is 0.381. The van der Waals surface area contributed by atoms with Crippen LogP contribution >= 0.6 is 12.4 Å². The summed E-state index contributed by atoms with van der Waals surface area (Å²) in [5, 5.41) is 0. The Hall–Kier alpha value is -2.80. The van der Waals surface area contributed by atoms with E-state index >= 15 is 0 Å². The van der Waals surface area contributed by atoms with E-state index in [0.29, 0.717) is 28.7 Å². The van der Waals surface area contributed by atoms with E-state index in [1.54, 1.807) is 47.6 Å². The van der Waals surface area contributed by atoms with Crippen LogP contribution in [0.2, 0.25) is 0 Å². The number of amides is 1. The smallest absolute Gasteiger partial charge is 0.414 e. The van der Waals surface area contributed by atoms with Crippen LogP contribution in [0.25, 0.3) is 0 Å². The van der Waals surface area contributed by atoms with E-state index < -0.39 is 6.09 Å². The van der Waals surface area contributed by atoms with Crippen LogP contribution in [-0.2, 0) is 0 Å². The molecule has 1 amide bonds. The molecule has 0 fully saturated rings. The predicted molar refractivity (Wildman–Crippen MR) is 114 cm³/mol. The number of methoxy groups -OCH3 is 4. The molecule has 1 unspecified atom stereocenters. The Balaban J connectivity index is 0.00000420. The van der Waals surface area contributed by atoms with Crippen molar-refractivity contribution in [1.82, 2.24) is 4.90 Å². The summed E-state index contributed by atoms with van der Waals surface area (Å²) < 4.78 is 27.0. The zero-order valence-electron chi connectivity index (χ0n) is 17.8. The van der Waals surface area contributed by atoms with Crippen molar-refractivity contribution < 1.29 is 28.5 Å². The summed E-state index contributed by atoms with van der Waals surface area (Å²) in [6.45, 7) is 2.04. The van der Waals surface area contributed by atoms with Gasteiger partial charge in [-0.15, -0.1) is 12.4 Å². The van der Waals surface area contributed by atoms with Crippen LogP contribution < -0.4 is 23.7 Å². The summed E-state index contributed by atoms with van der Waals surface area (Å²) in [6, 6.07) is 9.32. The summed E-state index contributed by atoms with van der Waals surface area (Å²) in [6.07, 6.45) is -0.476. The van der Waals surface area contributed by atoms with E-state index in [1.165, 1.54) is 12.0 Å². The van der Waals surface area contributed by atoms with Crippen LogP contribution in [0.4, 0.5) is 4.79 Å². The summed E-state index contributed by atoms with van der Waals surface area (Å²) >= 11 is 0. The van der Waals surface area contributed by atoms with Crippen LogP contribution in [0.3, 0.4) is 0 Å². The molecule has 0 bridgehead atoms. The van der Waals surface area contributed by atoms with Gasteiger partial charge in [-0.2, -0.15) is 0 Å². The molecule has 0 saturated heterocycles. The third-order valence-corrected chi connectivity index (χ3v) is 4.44. The van der Waals surface area contributed by atoms with Crippen LogP contribution in [0.1, 0.15) is 24.0 Å². The first kappa shape index (κ1) is 24.2. The van der Waals surface area contributed by atoms with E-state index in [2.05, 4.69) is 0 Å². The lowest BCUT2D eigenvalue weighted by molar-refractivity contribution is 0.170. The molecule has 0 aliphatic heterocycles. The van der Waals surface area contributed by atoms with Gasteiger partial charge in [-0.25, -0.2) is 4.79 Å². The first-order valence-corrected chi connectivity index (χ1v) is 8.73. The zero-order valence-corrected chi connectivity index (χ0v) is 18.6. The van der Waals surface area contributed by atoms with E-state index in [-0.39, 0.29) is 18.3 Å². The van der Waals surface area contributed by atoms with Crippen molar-refractivity contribution in [2.75, 3.05) is 42.5 Å². The van der Waals surface area contributed by atoms with Gasteiger partial charge in [-0.1, -0.05) is 13.0 Å². The standard InChI is InChI=1S/C21H27NO6.ClH/c1-13(15-11-18(25-5)20(27-7)19(12-15)26-6)14-8-9-16(24-4)17(10-14)28-21(23)22(2)3;/h8-13H,1-7H3;1H. The minimum Gasteiger partial charge on any atom is -0.493 e. The Morgan fingerprint density at radius 2 is 1.31 bits per heavy atom. The molecule has 29 heavy (non-hydrogen) atoms. The van der Waals surface area contributed by atoms with Crippen molar-refractivity contribution >= 4 is 18.5 Å². The minimum atomic E-state index is -0.476. The normalized spacial score (nSPS) is 11.0. The lowest BCUT2D eigenvalue weighted by Crippen LogP contribution is -2.25. The number of carbonyl (C=O) groups is 1. The molecule has 2 aromatic carbocycles. The minimum absolute atomic E-state index is 0. The van der Waals surface area contributed by atoms with E-state index in [1.807, 2.05) is 25.1 Å². The molecule has 0 heterocycles. The average molecular weight is 426 g/mol. The Kier molecular flexibility index (Phi) is 8.91. The Morgan fingerprint density at radius 3 is 1.76 bits per heavy atom. The molecule has 0 spiro atoms. The molecular weight excluding hydrogens is 398 g/mol. The molecular formula is C21H28ClNO6. The van der Waals surface area contributed by atoms with Crippen molar-refractivity contribution in [2.45, 2.75) is 12.8 Å². The van der Waals surface area contributed by atoms with Gasteiger partial charge in [-0.05, 0) is 35.4 Å². The van der Waals surface area contributed by atoms with Crippen LogP contribution in [0.5, 0.6) is 28.7 Å². The van der Waals surface area contributed by atoms with E-state index in [0.717, 1.165) is 11.1 Å². The van der Waals surface area contributed by atoms with Gasteiger partial charge in [0.2, 0.25) is 5.75 Å². The monoisotopic (exact) mass is 425 g/mol. The second-order valence-corrected chi connectivity index (χ2v) is 6.35. The summed E-state index contributed by atoms with van der Waals surface area (Å²) in [5.41, 5.74) is 1.90. The van der Waals surface area contributed by atoms with E-state index in [4.69, 9.17) is 23.7 Å². The second kappa shape index (κ2) is 10.7. The molecule has 2 aromatic rings. The van der Waals surface area contributed by atoms with Gasteiger partial charge in [-0.3, -0.25) is 0 Å². The molecule has 7 nitrogen and oxygen atoms in total. The first-order chi connectivity index (χ1) is 13.4. The average Bonchev–Trinajstić information content (AvgIpc) is 2.71. The highest BCUT2D eigenvalue weighted by atomic mass is 35.5. The molecule has 1 atom stereocenters. The zero-order chi connectivity index (χ0) is 20.8. The number of halogens is 1. The molecule has 2 rings (SSSR count). The van der Waals surface area contributed by atoms with Gasteiger partial charge in [0.25, 0.3) is 0 Å². The van der Waals surface area contributed by atoms with Crippen LogP contribution in [0.15, 0.2) is 30.3 Å². The van der Waals surface area contributed by atoms with Gasteiger partial charge in [0, 0.05) is 20.0 Å². The summed E-state index contributed by atoms with van der Waals surface area (Å²) in [5.74, 6) is 2.51. The lowest BCUT2D eigenvalue weighted by atomic mass is 9.92. The van der Waals surface area contributed by atoms with Crippen molar-refractivity contribution in [2.24, 2.45) is 0 Å². The number of hydrogen-bond acceptors (Lipinski definition) is 6. The van der Waals surface area contributed by atoms with Crippen molar-refractivity contribution in [3.8, 4) is 28.7 Å². The molecule has 0 saturated carbocycles. The highest BCUT2D eigenvalue weighted by Crippen LogP contribution is 2.42. The number of benzene rings is 2. The van der Waals surface area contributed by atoms with Crippen LogP contribution in [0, 0.1) is 0 Å². The fourth-order valence-corrected chi connectivity index (χ4v) is 2.77. The summed E-state index contributed by atoms with van der Waals surface area (Å²) in [7, 11) is 9.51. The Labute approximate surface area is 177 Å². The topological polar surface area (TPSA) is 66.5 Å². The molecule has 0 aliphatic rings. The Morgan fingerprint density at radius 1 is 0.793 bits per heavy atom. The molecule has 160 valence electrons. The fourth-order valence-electron chi connectivity index (χ4n) is 2.77. The lowest BCUT2D eigenvalue weighted by Gasteiger charge is -2.19. The molecule has 0 aromatic heterocycles. The van der Waals surface area contributed by atoms with Crippen molar-refractivity contribution in [3.05, 3.63) is 41.5 Å². The summed E-state index contributed by atoms with van der Waals surface area (Å²) in [4.78, 5) is 13.3. The van der Waals surface area contributed by atoms with Crippen molar-refractivity contribution in [1.29, 1.82) is 0 Å². The number of rotatable bonds is 7. The van der Waals surface area contributed by atoms with Gasteiger partial charge in [0.1, 0.15) is 0 Å². The van der Waals surface area contributed by atoms with Crippen LogP contribution in [-0.4, -0.2) is 53.5 Å². The Bertz CT molecular complexity index is 815. The third-order valence-electron chi connectivity index (χ3n) is 4.44. The molecule has 0 aliphatic carbocycles. The highest BCUT2D eigenvalue weighted by Gasteiger charge is 2.20. The number of nitrogens with zero attached hydrogens (tertiary/aromatic N) is 1. The van der Waals surface area contributed by atoms with Gasteiger partial charge in [0.15, 0.2) is 23.0 Å². The molecule has 8 heteroatoms. The number of hydrogen-bond donors (Lipinski definition) is 0. The predicted octanol–water partition coefficient (Wildman–Crippen LogP) is 4.36. The number of carbonyl (C=O) groups excluding carboxylic acids is 1. The maximum atomic E-state index is 12.0. The second-order valence-electron chi connectivity index (χ2n) is 6.35. The maximum absolute atomic E-state index is 12.0. The molecule has 0 N–H and O–H groups in total. The molecule has 0 radical (unpaired) electrons. The quantitative estimate of drug-likeness (QED) is 0.656. The van der Waals surface area contributed by atoms with E-state index in [9.17, 15) is 4.79 Å². The SMILES string of the molecule is COc1ccc(C(C)c2cc(OC)c(OC)c(OC)c2)cc1OC(=O)N(C)C.Cl. The third kappa shape index (κ3) is 5.38. The highest BCUT2D eigenvalue weighted by molar-refractivity contribution is 5.85. The maximum Gasteiger partial charge on any atom is 0.414 e. The largest absolute Gasteiger partial charge is 0.493 e. The van der Waals surface area contributed by atoms with Gasteiger partial charge < -0.3 is 28.6 Å². The number of ether oxygens (including phenoxy) is 5. The first-order valence-electron chi connectivity index (χ1n) is 8.73.